The van der Waals surface area contributed by atoms with Crippen molar-refractivity contribution in [1.29, 1.82) is 0 Å². The van der Waals surface area contributed by atoms with Crippen LogP contribution in [0, 0.1) is 5.92 Å². The molecule has 124 valence electrons. The highest BCUT2D eigenvalue weighted by Crippen LogP contribution is 2.46. The fraction of sp³-hybridized carbons (Fsp3) is 0.650. The normalized spacial score (nSPS) is 26.5. The molecule has 1 aromatic carbocycles. The van der Waals surface area contributed by atoms with Crippen molar-refractivity contribution in [1.82, 2.24) is 5.32 Å². The second-order valence-electron chi connectivity index (χ2n) is 7.63. The van der Waals surface area contributed by atoms with Crippen molar-refractivity contribution < 1.29 is 9.53 Å². The Hall–Kier alpha value is -1.51. The zero-order valence-corrected chi connectivity index (χ0v) is 13.9. The zero-order chi connectivity index (χ0) is 15.7. The fourth-order valence-electron chi connectivity index (χ4n) is 4.73. The van der Waals surface area contributed by atoms with E-state index >= 15 is 0 Å². The van der Waals surface area contributed by atoms with Gasteiger partial charge < -0.3 is 10.1 Å². The molecule has 0 radical (unpaired) electrons. The molecule has 4 rings (SSSR count). The van der Waals surface area contributed by atoms with Crippen LogP contribution in [0.3, 0.4) is 0 Å². The number of para-hydroxylation sites is 1. The van der Waals surface area contributed by atoms with E-state index in [1.54, 1.807) is 0 Å². The van der Waals surface area contributed by atoms with Gasteiger partial charge in [0.2, 0.25) is 5.91 Å². The predicted molar refractivity (Wildman–Crippen MR) is 90.3 cm³/mol. The van der Waals surface area contributed by atoms with Crippen molar-refractivity contribution in [3.8, 4) is 5.75 Å². The molecule has 1 atom stereocenters. The van der Waals surface area contributed by atoms with Gasteiger partial charge in [0.25, 0.3) is 0 Å². The minimum atomic E-state index is -0.0553. The molecule has 1 amide bonds. The van der Waals surface area contributed by atoms with Crippen LogP contribution in [0.15, 0.2) is 24.3 Å². The van der Waals surface area contributed by atoms with Crippen molar-refractivity contribution in [3.05, 3.63) is 29.8 Å². The molecule has 1 aromatic rings. The first-order valence-corrected chi connectivity index (χ1v) is 9.34. The van der Waals surface area contributed by atoms with Crippen LogP contribution in [0.4, 0.5) is 0 Å². The highest BCUT2D eigenvalue weighted by molar-refractivity contribution is 5.79. The van der Waals surface area contributed by atoms with Gasteiger partial charge in [-0.2, -0.15) is 0 Å². The monoisotopic (exact) mass is 313 g/mol. The van der Waals surface area contributed by atoms with Crippen LogP contribution in [-0.4, -0.2) is 11.5 Å². The number of hydrogen-bond acceptors (Lipinski definition) is 2. The van der Waals surface area contributed by atoms with Crippen molar-refractivity contribution in [3.63, 3.8) is 0 Å². The molecular weight excluding hydrogens is 286 g/mol. The number of carbonyl (C=O) groups is 1. The first kappa shape index (κ1) is 15.0. The Bertz CT molecular complexity index is 571. The Morgan fingerprint density at radius 1 is 1.04 bits per heavy atom. The lowest BCUT2D eigenvalue weighted by molar-refractivity contribution is -0.126. The van der Waals surface area contributed by atoms with Crippen molar-refractivity contribution in [2.45, 2.75) is 75.9 Å². The van der Waals surface area contributed by atoms with Gasteiger partial charge in [-0.3, -0.25) is 4.79 Å². The Labute approximate surface area is 138 Å². The number of carbonyl (C=O) groups excluding carboxylic acids is 1. The number of ether oxygens (including phenoxy) is 1. The van der Waals surface area contributed by atoms with Crippen LogP contribution < -0.4 is 10.1 Å². The maximum Gasteiger partial charge on any atom is 0.223 e. The van der Waals surface area contributed by atoms with E-state index in [1.807, 2.05) is 6.07 Å². The van der Waals surface area contributed by atoms with Crippen LogP contribution in [0.1, 0.15) is 75.8 Å². The largest absolute Gasteiger partial charge is 0.487 e. The number of amides is 1. The second kappa shape index (κ2) is 6.18. The molecule has 0 bridgehead atoms. The molecule has 1 spiro atoms. The number of fused-ring (bicyclic) bond motifs is 1. The van der Waals surface area contributed by atoms with Crippen molar-refractivity contribution >= 4 is 5.91 Å². The van der Waals surface area contributed by atoms with Gasteiger partial charge in [-0.15, -0.1) is 0 Å². The molecule has 1 N–H and O–H groups in total. The summed E-state index contributed by atoms with van der Waals surface area (Å²) in [5, 5.41) is 3.37. The zero-order valence-electron chi connectivity index (χ0n) is 13.9. The Balaban J connectivity index is 1.57. The van der Waals surface area contributed by atoms with Crippen LogP contribution in [-0.2, 0) is 4.79 Å². The predicted octanol–water partition coefficient (Wildman–Crippen LogP) is 4.52. The minimum Gasteiger partial charge on any atom is -0.487 e. The molecule has 3 nitrogen and oxygen atoms in total. The molecule has 3 aliphatic rings. The summed E-state index contributed by atoms with van der Waals surface area (Å²) in [6, 6.07) is 8.39. The maximum absolute atomic E-state index is 12.6. The van der Waals surface area contributed by atoms with Gasteiger partial charge in [-0.1, -0.05) is 37.5 Å². The van der Waals surface area contributed by atoms with E-state index < -0.39 is 0 Å². The SMILES string of the molecule is O=C(N[C@@H]1CC2(CCCCC2)Oc2ccccc21)C1CCCC1. The minimum absolute atomic E-state index is 0.0553. The van der Waals surface area contributed by atoms with Gasteiger partial charge in [0, 0.05) is 17.9 Å². The highest BCUT2D eigenvalue weighted by atomic mass is 16.5. The average Bonchev–Trinajstić information content (AvgIpc) is 3.10. The van der Waals surface area contributed by atoms with Crippen LogP contribution in [0.2, 0.25) is 0 Å². The van der Waals surface area contributed by atoms with Crippen LogP contribution in [0.5, 0.6) is 5.75 Å². The highest BCUT2D eigenvalue weighted by Gasteiger charge is 2.42. The van der Waals surface area contributed by atoms with Gasteiger partial charge in [0.1, 0.15) is 11.4 Å². The van der Waals surface area contributed by atoms with Gasteiger partial charge >= 0.3 is 0 Å². The van der Waals surface area contributed by atoms with Crippen LogP contribution in [0.25, 0.3) is 0 Å². The third kappa shape index (κ3) is 2.98. The number of nitrogens with one attached hydrogen (secondary N) is 1. The average molecular weight is 313 g/mol. The first-order valence-electron chi connectivity index (χ1n) is 9.34. The summed E-state index contributed by atoms with van der Waals surface area (Å²) in [5.41, 5.74) is 1.11. The Kier molecular flexibility index (Phi) is 4.04. The van der Waals surface area contributed by atoms with Crippen LogP contribution >= 0.6 is 0 Å². The van der Waals surface area contributed by atoms with E-state index in [-0.39, 0.29) is 23.5 Å². The third-order valence-corrected chi connectivity index (χ3v) is 6.00. The van der Waals surface area contributed by atoms with Gasteiger partial charge in [-0.05, 0) is 44.6 Å². The van der Waals surface area contributed by atoms with E-state index in [0.29, 0.717) is 0 Å². The molecule has 0 unspecified atom stereocenters. The Morgan fingerprint density at radius 2 is 1.78 bits per heavy atom. The Morgan fingerprint density at radius 3 is 2.57 bits per heavy atom. The standard InChI is InChI=1S/C20H27NO2/c22-19(15-8-2-3-9-15)21-17-14-20(12-6-1-7-13-20)23-18-11-5-4-10-16(17)18/h4-5,10-11,15,17H,1-3,6-9,12-14H2,(H,21,22)/t17-/m1/s1. The summed E-state index contributed by atoms with van der Waals surface area (Å²) in [4.78, 5) is 12.6. The van der Waals surface area contributed by atoms with Crippen molar-refractivity contribution in [2.75, 3.05) is 0 Å². The quantitative estimate of drug-likeness (QED) is 0.872. The van der Waals surface area contributed by atoms with E-state index in [1.165, 1.54) is 32.1 Å². The number of rotatable bonds is 2. The summed E-state index contributed by atoms with van der Waals surface area (Å²) < 4.78 is 6.45. The molecular formula is C20H27NO2. The number of hydrogen-bond donors (Lipinski definition) is 1. The van der Waals surface area contributed by atoms with Gasteiger partial charge in [-0.25, -0.2) is 0 Å². The van der Waals surface area contributed by atoms with E-state index in [0.717, 1.165) is 43.4 Å². The number of benzene rings is 1. The maximum atomic E-state index is 12.6. The third-order valence-electron chi connectivity index (χ3n) is 6.00. The molecule has 3 heteroatoms. The summed E-state index contributed by atoms with van der Waals surface area (Å²) >= 11 is 0. The second-order valence-corrected chi connectivity index (χ2v) is 7.63. The van der Waals surface area contributed by atoms with E-state index in [2.05, 4.69) is 23.5 Å². The summed E-state index contributed by atoms with van der Waals surface area (Å²) in [6.07, 6.45) is 11.5. The van der Waals surface area contributed by atoms with Gasteiger partial charge in [0.15, 0.2) is 0 Å². The van der Waals surface area contributed by atoms with E-state index in [9.17, 15) is 4.79 Å². The lowest BCUT2D eigenvalue weighted by Crippen LogP contribution is -2.47. The summed E-state index contributed by atoms with van der Waals surface area (Å²) in [7, 11) is 0. The fourth-order valence-corrected chi connectivity index (χ4v) is 4.73. The summed E-state index contributed by atoms with van der Waals surface area (Å²) in [6.45, 7) is 0. The topological polar surface area (TPSA) is 38.3 Å². The summed E-state index contributed by atoms with van der Waals surface area (Å²) in [5.74, 6) is 1.47. The molecule has 2 aliphatic carbocycles. The molecule has 1 heterocycles. The molecule has 0 aromatic heterocycles. The lowest BCUT2D eigenvalue weighted by atomic mass is 9.77. The first-order chi connectivity index (χ1) is 11.3. The molecule has 1 aliphatic heterocycles. The smallest absolute Gasteiger partial charge is 0.223 e. The van der Waals surface area contributed by atoms with Gasteiger partial charge in [0.05, 0.1) is 6.04 Å². The molecule has 23 heavy (non-hydrogen) atoms. The molecule has 2 fully saturated rings. The molecule has 0 saturated heterocycles. The lowest BCUT2D eigenvalue weighted by Gasteiger charge is -2.44. The van der Waals surface area contributed by atoms with E-state index in [4.69, 9.17) is 4.74 Å². The molecule has 2 saturated carbocycles. The van der Waals surface area contributed by atoms with Crippen molar-refractivity contribution in [2.24, 2.45) is 5.92 Å².